The maximum Gasteiger partial charge on any atom is 0.0858 e. The Morgan fingerprint density at radius 1 is 1.50 bits per heavy atom. The Hall–Kier alpha value is -0.0800. The Morgan fingerprint density at radius 2 is 2.00 bits per heavy atom. The van der Waals surface area contributed by atoms with Gasteiger partial charge in [-0.1, -0.05) is 13.3 Å². The lowest BCUT2D eigenvalue weighted by atomic mass is 10.0. The average molecular weight is 116 g/mol. The average Bonchev–Trinajstić information content (AvgIpc) is 1.67. The van der Waals surface area contributed by atoms with Crippen LogP contribution in [0, 0.1) is 0 Å². The smallest absolute Gasteiger partial charge is 0.0858 e. The molecule has 0 atom stereocenters. The van der Waals surface area contributed by atoms with E-state index >= 15 is 0 Å². The van der Waals surface area contributed by atoms with Gasteiger partial charge in [-0.25, -0.2) is 0 Å². The van der Waals surface area contributed by atoms with Crippen molar-refractivity contribution in [3.05, 3.63) is 0 Å². The molecule has 0 spiro atoms. The quantitative estimate of drug-likeness (QED) is 0.517. The second kappa shape index (κ2) is 3.05. The molecule has 0 aliphatic heterocycles. The molecular formula is C6H14NO. The number of hydrogen-bond donors (Lipinski definition) is 0. The van der Waals surface area contributed by atoms with Crippen molar-refractivity contribution in [2.24, 2.45) is 0 Å². The third-order valence-electron chi connectivity index (χ3n) is 1.13. The number of nitrogens with one attached hydrogen (secondary N) is 1. The summed E-state index contributed by atoms with van der Waals surface area (Å²) in [5, 5.41) is 0. The summed E-state index contributed by atoms with van der Waals surface area (Å²) in [6.07, 6.45) is 2.03. The van der Waals surface area contributed by atoms with Crippen molar-refractivity contribution in [1.82, 2.24) is 5.90 Å². The van der Waals surface area contributed by atoms with Crippen LogP contribution in [0.15, 0.2) is 0 Å². The van der Waals surface area contributed by atoms with Gasteiger partial charge in [0.15, 0.2) is 0 Å². The highest BCUT2D eigenvalue weighted by atomic mass is 16.6. The largest absolute Gasteiger partial charge is 0.279 e. The lowest BCUT2D eigenvalue weighted by Crippen LogP contribution is -2.22. The van der Waals surface area contributed by atoms with E-state index in [4.69, 9.17) is 5.90 Å². The molecule has 0 aromatic rings. The van der Waals surface area contributed by atoms with Crippen molar-refractivity contribution >= 4 is 0 Å². The van der Waals surface area contributed by atoms with Crippen LogP contribution in [-0.4, -0.2) is 5.60 Å². The van der Waals surface area contributed by atoms with E-state index in [1.165, 1.54) is 0 Å². The predicted molar refractivity (Wildman–Crippen MR) is 33.2 cm³/mol. The van der Waals surface area contributed by atoms with Crippen molar-refractivity contribution in [3.63, 3.8) is 0 Å². The predicted octanol–water partition coefficient (Wildman–Crippen LogP) is 1.78. The van der Waals surface area contributed by atoms with Gasteiger partial charge >= 0.3 is 0 Å². The minimum atomic E-state index is -0.241. The summed E-state index contributed by atoms with van der Waals surface area (Å²) >= 11 is 0. The Bertz CT molecular complexity index is 61.5. The standard InChI is InChI=1S/C6H14NO/c1-4-5-6(2,3)8-7/h7H,4-5H2,1-3H3. The highest BCUT2D eigenvalue weighted by Crippen LogP contribution is 2.13. The molecule has 2 heteroatoms. The molecule has 0 aliphatic carbocycles. The number of hydrogen-bond acceptors (Lipinski definition) is 1. The van der Waals surface area contributed by atoms with Crippen LogP contribution in [0.3, 0.4) is 0 Å². The molecule has 0 saturated heterocycles. The normalized spacial score (nSPS) is 12.0. The third kappa shape index (κ3) is 2.99. The van der Waals surface area contributed by atoms with Crippen LogP contribution in [0.1, 0.15) is 33.6 Å². The number of rotatable bonds is 3. The van der Waals surface area contributed by atoms with Gasteiger partial charge in [0.2, 0.25) is 0 Å². The van der Waals surface area contributed by atoms with Gasteiger partial charge in [-0.15, -0.1) is 5.90 Å². The van der Waals surface area contributed by atoms with E-state index in [1.54, 1.807) is 0 Å². The van der Waals surface area contributed by atoms with E-state index in [1.807, 2.05) is 13.8 Å². The van der Waals surface area contributed by atoms with Gasteiger partial charge in [0.25, 0.3) is 0 Å². The Morgan fingerprint density at radius 3 is 2.12 bits per heavy atom. The monoisotopic (exact) mass is 116 g/mol. The summed E-state index contributed by atoms with van der Waals surface area (Å²) in [6, 6.07) is 0. The molecule has 0 aromatic carbocycles. The molecule has 2 nitrogen and oxygen atoms in total. The summed E-state index contributed by atoms with van der Waals surface area (Å²) in [5.74, 6) is 6.61. The fourth-order valence-corrected chi connectivity index (χ4v) is 0.653. The molecule has 0 rings (SSSR count). The second-order valence-electron chi connectivity index (χ2n) is 2.61. The summed E-state index contributed by atoms with van der Waals surface area (Å²) in [5.41, 5.74) is -0.241. The van der Waals surface area contributed by atoms with Crippen LogP contribution >= 0.6 is 0 Å². The van der Waals surface area contributed by atoms with E-state index in [-0.39, 0.29) is 5.60 Å². The molecule has 0 heterocycles. The van der Waals surface area contributed by atoms with Crippen LogP contribution in [0.5, 0.6) is 0 Å². The van der Waals surface area contributed by atoms with Crippen molar-refractivity contribution < 1.29 is 4.84 Å². The third-order valence-corrected chi connectivity index (χ3v) is 1.13. The minimum absolute atomic E-state index is 0.241. The molecule has 0 unspecified atom stereocenters. The molecular weight excluding hydrogens is 102 g/mol. The summed E-state index contributed by atoms with van der Waals surface area (Å²) < 4.78 is 0. The molecule has 0 aromatic heterocycles. The zero-order valence-corrected chi connectivity index (χ0v) is 5.82. The topological polar surface area (TPSA) is 33.0 Å². The SMILES string of the molecule is CCCC(C)(C)O[NH]. The molecule has 1 radical (unpaired) electrons. The second-order valence-corrected chi connectivity index (χ2v) is 2.61. The fourth-order valence-electron chi connectivity index (χ4n) is 0.653. The van der Waals surface area contributed by atoms with E-state index in [2.05, 4.69) is 11.8 Å². The Balaban J connectivity index is 3.37. The fraction of sp³-hybridized carbons (Fsp3) is 1.00. The molecule has 0 amide bonds. The van der Waals surface area contributed by atoms with Crippen LogP contribution in [0.25, 0.3) is 0 Å². The maximum atomic E-state index is 6.61. The van der Waals surface area contributed by atoms with E-state index in [9.17, 15) is 0 Å². The first-order chi connectivity index (χ1) is 3.62. The van der Waals surface area contributed by atoms with Gasteiger partial charge in [0.1, 0.15) is 0 Å². The maximum absolute atomic E-state index is 6.61. The van der Waals surface area contributed by atoms with Crippen LogP contribution < -0.4 is 5.90 Å². The molecule has 49 valence electrons. The highest BCUT2D eigenvalue weighted by Gasteiger charge is 2.14. The van der Waals surface area contributed by atoms with Crippen LogP contribution in [0.4, 0.5) is 0 Å². The zero-order valence-electron chi connectivity index (χ0n) is 5.82. The summed E-state index contributed by atoms with van der Waals surface area (Å²) in [6.45, 7) is 5.92. The van der Waals surface area contributed by atoms with E-state index in [0.717, 1.165) is 12.8 Å². The van der Waals surface area contributed by atoms with Gasteiger partial charge < -0.3 is 0 Å². The van der Waals surface area contributed by atoms with E-state index in [0.29, 0.717) is 0 Å². The van der Waals surface area contributed by atoms with Gasteiger partial charge in [0, 0.05) is 0 Å². The molecule has 8 heavy (non-hydrogen) atoms. The zero-order chi connectivity index (χ0) is 6.62. The lowest BCUT2D eigenvalue weighted by molar-refractivity contribution is -0.0391. The lowest BCUT2D eigenvalue weighted by Gasteiger charge is -2.18. The molecule has 0 saturated carbocycles. The minimum Gasteiger partial charge on any atom is -0.279 e. The molecule has 0 fully saturated rings. The van der Waals surface area contributed by atoms with Crippen molar-refractivity contribution in [2.75, 3.05) is 0 Å². The Labute approximate surface area is 51.0 Å². The van der Waals surface area contributed by atoms with Gasteiger partial charge in [-0.3, -0.25) is 4.84 Å². The van der Waals surface area contributed by atoms with Crippen LogP contribution in [-0.2, 0) is 4.84 Å². The van der Waals surface area contributed by atoms with E-state index < -0.39 is 0 Å². The van der Waals surface area contributed by atoms with Crippen molar-refractivity contribution in [2.45, 2.75) is 39.2 Å². The van der Waals surface area contributed by atoms with Crippen molar-refractivity contribution in [3.8, 4) is 0 Å². The van der Waals surface area contributed by atoms with Crippen molar-refractivity contribution in [1.29, 1.82) is 0 Å². The van der Waals surface area contributed by atoms with Gasteiger partial charge in [0.05, 0.1) is 5.60 Å². The van der Waals surface area contributed by atoms with Gasteiger partial charge in [-0.05, 0) is 20.3 Å². The summed E-state index contributed by atoms with van der Waals surface area (Å²) in [4.78, 5) is 4.43. The summed E-state index contributed by atoms with van der Waals surface area (Å²) in [7, 11) is 0. The molecule has 0 aliphatic rings. The van der Waals surface area contributed by atoms with Crippen LogP contribution in [0.2, 0.25) is 0 Å². The first kappa shape index (κ1) is 7.92. The highest BCUT2D eigenvalue weighted by molar-refractivity contribution is 4.64. The molecule has 0 bridgehead atoms. The van der Waals surface area contributed by atoms with Gasteiger partial charge in [-0.2, -0.15) is 0 Å². The molecule has 1 N–H and O–H groups in total. The first-order valence-corrected chi connectivity index (χ1v) is 2.97. The Kier molecular flexibility index (Phi) is 3.02. The first-order valence-electron chi connectivity index (χ1n) is 2.97.